The zero-order valence-corrected chi connectivity index (χ0v) is 11.5. The second kappa shape index (κ2) is 5.41. The molecule has 2 rings (SSSR count). The summed E-state index contributed by atoms with van der Waals surface area (Å²) in [6.07, 6.45) is 2.97. The van der Waals surface area contributed by atoms with E-state index in [2.05, 4.69) is 26.0 Å². The summed E-state index contributed by atoms with van der Waals surface area (Å²) in [7, 11) is 0. The van der Waals surface area contributed by atoms with Gasteiger partial charge in [0.15, 0.2) is 0 Å². The molecule has 1 fully saturated rings. The molecular weight excluding hydrogens is 222 g/mol. The normalized spacial score (nSPS) is 31.2. The minimum absolute atomic E-state index is 0.0747. The second-order valence-corrected chi connectivity index (χ2v) is 6.06. The molecule has 1 saturated carbocycles. The van der Waals surface area contributed by atoms with Crippen LogP contribution in [0.5, 0.6) is 0 Å². The van der Waals surface area contributed by atoms with Crippen LogP contribution >= 0.6 is 0 Å². The molecule has 0 amide bonds. The fourth-order valence-electron chi connectivity index (χ4n) is 3.48. The molecule has 0 saturated heterocycles. The molecule has 0 spiro atoms. The quantitative estimate of drug-likeness (QED) is 0.859. The summed E-state index contributed by atoms with van der Waals surface area (Å²) in [6.45, 7) is 4.97. The van der Waals surface area contributed by atoms with Gasteiger partial charge in [-0.1, -0.05) is 50.6 Å². The Kier molecular flexibility index (Phi) is 4.08. The lowest BCUT2D eigenvalue weighted by Crippen LogP contribution is -2.42. The van der Waals surface area contributed by atoms with Gasteiger partial charge in [-0.2, -0.15) is 0 Å². The summed E-state index contributed by atoms with van der Waals surface area (Å²) in [4.78, 5) is 0. The summed E-state index contributed by atoms with van der Waals surface area (Å²) >= 11 is 0. The molecule has 2 heteroatoms. The van der Waals surface area contributed by atoms with Gasteiger partial charge in [0.25, 0.3) is 0 Å². The number of hydrogen-bond donors (Lipinski definition) is 2. The average molecular weight is 247 g/mol. The first-order valence-electron chi connectivity index (χ1n) is 7.02. The first-order valence-corrected chi connectivity index (χ1v) is 7.02. The first kappa shape index (κ1) is 13.6. The van der Waals surface area contributed by atoms with Crippen LogP contribution in [-0.2, 0) is 0 Å². The predicted octanol–water partition coefficient (Wildman–Crippen LogP) is 2.92. The van der Waals surface area contributed by atoms with Gasteiger partial charge < -0.3 is 10.8 Å². The number of benzene rings is 1. The van der Waals surface area contributed by atoms with E-state index >= 15 is 0 Å². The molecule has 1 aromatic carbocycles. The summed E-state index contributed by atoms with van der Waals surface area (Å²) in [6, 6.07) is 10.3. The van der Waals surface area contributed by atoms with Crippen molar-refractivity contribution in [3.05, 3.63) is 35.9 Å². The fraction of sp³-hybridized carbons (Fsp3) is 0.625. The third-order valence-electron chi connectivity index (χ3n) is 4.72. The highest BCUT2D eigenvalue weighted by molar-refractivity contribution is 5.21. The van der Waals surface area contributed by atoms with Crippen molar-refractivity contribution in [2.45, 2.75) is 45.1 Å². The molecule has 18 heavy (non-hydrogen) atoms. The van der Waals surface area contributed by atoms with Gasteiger partial charge in [0, 0.05) is 17.9 Å². The van der Waals surface area contributed by atoms with E-state index < -0.39 is 0 Å². The van der Waals surface area contributed by atoms with Gasteiger partial charge in [-0.15, -0.1) is 0 Å². The van der Waals surface area contributed by atoms with Crippen molar-refractivity contribution in [1.82, 2.24) is 0 Å². The lowest BCUT2D eigenvalue weighted by molar-refractivity contribution is 0.0147. The van der Waals surface area contributed by atoms with Crippen LogP contribution in [0.1, 0.15) is 44.6 Å². The Balaban J connectivity index is 2.17. The number of rotatable bonds is 4. The molecule has 0 radical (unpaired) electrons. The van der Waals surface area contributed by atoms with Crippen molar-refractivity contribution in [2.24, 2.45) is 17.1 Å². The standard InChI is InChI=1S/C16H25NO/c1-12-8-9-16(10-12,11-17)15(18)13(2)14-6-4-3-5-7-14/h3-7,12-13,15,18H,8-11,17H2,1-2H3. The van der Waals surface area contributed by atoms with Gasteiger partial charge in [0.05, 0.1) is 6.10 Å². The lowest BCUT2D eigenvalue weighted by Gasteiger charge is -2.37. The predicted molar refractivity (Wildman–Crippen MR) is 75.4 cm³/mol. The SMILES string of the molecule is CC1CCC(CN)(C(O)C(C)c2ccccc2)C1. The summed E-state index contributed by atoms with van der Waals surface area (Å²) in [5, 5.41) is 10.8. The number of aliphatic hydroxyl groups is 1. The van der Waals surface area contributed by atoms with Crippen LogP contribution in [0.3, 0.4) is 0 Å². The molecule has 100 valence electrons. The monoisotopic (exact) mass is 247 g/mol. The molecule has 1 aliphatic carbocycles. The van der Waals surface area contributed by atoms with Crippen molar-refractivity contribution in [2.75, 3.05) is 6.54 Å². The van der Waals surface area contributed by atoms with Crippen LogP contribution < -0.4 is 5.73 Å². The fourth-order valence-corrected chi connectivity index (χ4v) is 3.48. The van der Waals surface area contributed by atoms with Crippen molar-refractivity contribution in [1.29, 1.82) is 0 Å². The van der Waals surface area contributed by atoms with Crippen LogP contribution in [0.4, 0.5) is 0 Å². The third-order valence-corrected chi connectivity index (χ3v) is 4.72. The largest absolute Gasteiger partial charge is 0.392 e. The van der Waals surface area contributed by atoms with E-state index in [0.717, 1.165) is 12.8 Å². The van der Waals surface area contributed by atoms with Crippen LogP contribution in [0.15, 0.2) is 30.3 Å². The Hall–Kier alpha value is -0.860. The molecule has 0 aromatic heterocycles. The zero-order valence-electron chi connectivity index (χ0n) is 11.5. The van der Waals surface area contributed by atoms with Gasteiger partial charge in [0.1, 0.15) is 0 Å². The Morgan fingerprint density at radius 1 is 1.39 bits per heavy atom. The van der Waals surface area contributed by atoms with E-state index in [-0.39, 0.29) is 17.4 Å². The van der Waals surface area contributed by atoms with Gasteiger partial charge >= 0.3 is 0 Å². The van der Waals surface area contributed by atoms with Crippen LogP contribution in [0.25, 0.3) is 0 Å². The molecule has 0 heterocycles. The van der Waals surface area contributed by atoms with Crippen LogP contribution in [0.2, 0.25) is 0 Å². The molecule has 0 bridgehead atoms. The highest BCUT2D eigenvalue weighted by Crippen LogP contribution is 2.47. The average Bonchev–Trinajstić information content (AvgIpc) is 2.81. The van der Waals surface area contributed by atoms with E-state index in [4.69, 9.17) is 5.73 Å². The molecule has 1 aliphatic rings. The van der Waals surface area contributed by atoms with Gasteiger partial charge in [-0.3, -0.25) is 0 Å². The Bertz CT molecular complexity index is 378. The second-order valence-electron chi connectivity index (χ2n) is 6.06. The van der Waals surface area contributed by atoms with E-state index in [1.807, 2.05) is 18.2 Å². The van der Waals surface area contributed by atoms with E-state index in [1.165, 1.54) is 12.0 Å². The zero-order chi connectivity index (χ0) is 13.2. The van der Waals surface area contributed by atoms with E-state index in [0.29, 0.717) is 12.5 Å². The first-order chi connectivity index (χ1) is 8.59. The van der Waals surface area contributed by atoms with Gasteiger partial charge in [-0.05, 0) is 24.3 Å². The minimum atomic E-state index is -0.338. The third kappa shape index (κ3) is 2.45. The molecule has 3 N–H and O–H groups in total. The highest BCUT2D eigenvalue weighted by atomic mass is 16.3. The molecule has 4 unspecified atom stereocenters. The maximum Gasteiger partial charge on any atom is 0.0674 e. The number of hydrogen-bond acceptors (Lipinski definition) is 2. The number of aliphatic hydroxyl groups excluding tert-OH is 1. The molecular formula is C16H25NO. The van der Waals surface area contributed by atoms with E-state index in [1.54, 1.807) is 0 Å². The molecule has 4 atom stereocenters. The number of nitrogens with two attached hydrogens (primary N) is 1. The smallest absolute Gasteiger partial charge is 0.0674 e. The Labute approximate surface area is 110 Å². The highest BCUT2D eigenvalue weighted by Gasteiger charge is 2.44. The molecule has 0 aliphatic heterocycles. The summed E-state index contributed by atoms with van der Waals surface area (Å²) in [5.74, 6) is 0.839. The van der Waals surface area contributed by atoms with E-state index in [9.17, 15) is 5.11 Å². The van der Waals surface area contributed by atoms with Crippen molar-refractivity contribution in [3.8, 4) is 0 Å². The Morgan fingerprint density at radius 2 is 2.06 bits per heavy atom. The van der Waals surface area contributed by atoms with Crippen molar-refractivity contribution in [3.63, 3.8) is 0 Å². The topological polar surface area (TPSA) is 46.2 Å². The van der Waals surface area contributed by atoms with Crippen molar-refractivity contribution >= 4 is 0 Å². The summed E-state index contributed by atoms with van der Waals surface area (Å²) in [5.41, 5.74) is 7.12. The van der Waals surface area contributed by atoms with Crippen LogP contribution in [0, 0.1) is 11.3 Å². The molecule has 1 aromatic rings. The lowest BCUT2D eigenvalue weighted by atomic mass is 9.73. The van der Waals surface area contributed by atoms with Crippen LogP contribution in [-0.4, -0.2) is 17.8 Å². The Morgan fingerprint density at radius 3 is 2.56 bits per heavy atom. The minimum Gasteiger partial charge on any atom is -0.392 e. The molecule has 2 nitrogen and oxygen atoms in total. The van der Waals surface area contributed by atoms with Gasteiger partial charge in [0.2, 0.25) is 0 Å². The maximum atomic E-state index is 10.8. The van der Waals surface area contributed by atoms with Crippen molar-refractivity contribution < 1.29 is 5.11 Å². The maximum absolute atomic E-state index is 10.8. The summed E-state index contributed by atoms with van der Waals surface area (Å²) < 4.78 is 0. The van der Waals surface area contributed by atoms with Gasteiger partial charge in [-0.25, -0.2) is 0 Å².